The topological polar surface area (TPSA) is 29.1 Å². The summed E-state index contributed by atoms with van der Waals surface area (Å²) < 4.78 is 0. The Hall–Kier alpha value is -0.0500. The molecule has 1 amide bonds. The van der Waals surface area contributed by atoms with Gasteiger partial charge in [-0.3, -0.25) is 4.79 Å². The Bertz CT molecular complexity index is 210. The molecule has 2 nitrogen and oxygen atoms in total. The van der Waals surface area contributed by atoms with Crippen LogP contribution in [0.2, 0.25) is 0 Å². The molecular weight excluding hydrogens is 254 g/mol. The summed E-state index contributed by atoms with van der Waals surface area (Å²) in [6.07, 6.45) is 5.65. The van der Waals surface area contributed by atoms with E-state index in [-0.39, 0.29) is 11.8 Å². The van der Waals surface area contributed by atoms with Crippen LogP contribution in [0.15, 0.2) is 0 Å². The molecule has 0 aromatic carbocycles. The Morgan fingerprint density at radius 3 is 2.40 bits per heavy atom. The molecule has 0 atom stereocenters. The summed E-state index contributed by atoms with van der Waals surface area (Å²) in [6.45, 7) is 5.05. The van der Waals surface area contributed by atoms with Crippen LogP contribution in [0.4, 0.5) is 0 Å². The van der Waals surface area contributed by atoms with E-state index in [0.717, 1.165) is 24.7 Å². The van der Waals surface area contributed by atoms with Crippen LogP contribution in [-0.2, 0) is 4.79 Å². The van der Waals surface area contributed by atoms with Gasteiger partial charge in [0, 0.05) is 17.8 Å². The third-order valence-corrected chi connectivity index (χ3v) is 3.97. The average Bonchev–Trinajstić information content (AvgIpc) is 2.98. The third kappa shape index (κ3) is 3.78. The molecule has 0 aliphatic heterocycles. The first kappa shape index (κ1) is 13.0. The molecular formula is C12H22BrNO. The van der Waals surface area contributed by atoms with Gasteiger partial charge in [-0.1, -0.05) is 29.8 Å². The summed E-state index contributed by atoms with van der Waals surface area (Å²) in [6, 6.07) is 0. The minimum absolute atomic E-state index is 0.213. The first-order valence-corrected chi connectivity index (χ1v) is 7.13. The van der Waals surface area contributed by atoms with E-state index in [1.165, 1.54) is 19.3 Å². The summed E-state index contributed by atoms with van der Waals surface area (Å²) in [5.41, 5.74) is 0.436. The van der Waals surface area contributed by atoms with Gasteiger partial charge < -0.3 is 5.32 Å². The highest BCUT2D eigenvalue weighted by atomic mass is 79.9. The highest BCUT2D eigenvalue weighted by Crippen LogP contribution is 2.48. The first-order chi connectivity index (χ1) is 7.17. The molecule has 0 aromatic rings. The second kappa shape index (κ2) is 5.88. The van der Waals surface area contributed by atoms with Crippen LogP contribution in [0.1, 0.15) is 46.0 Å². The maximum atomic E-state index is 11.8. The standard InChI is InChI=1S/C12H22BrNO/c1-3-10(4-2)11(15)14-9-12(5-6-12)7-8-13/h10H,3-9H2,1-2H3,(H,14,15). The van der Waals surface area contributed by atoms with E-state index in [1.807, 2.05) is 0 Å². The van der Waals surface area contributed by atoms with Crippen LogP contribution in [0, 0.1) is 11.3 Å². The van der Waals surface area contributed by atoms with Gasteiger partial charge in [0.25, 0.3) is 0 Å². The van der Waals surface area contributed by atoms with E-state index < -0.39 is 0 Å². The zero-order chi connectivity index (χ0) is 11.3. The fraction of sp³-hybridized carbons (Fsp3) is 0.917. The zero-order valence-electron chi connectivity index (χ0n) is 9.81. The number of hydrogen-bond donors (Lipinski definition) is 1. The van der Waals surface area contributed by atoms with E-state index in [2.05, 4.69) is 35.1 Å². The van der Waals surface area contributed by atoms with Crippen LogP contribution in [0.3, 0.4) is 0 Å². The van der Waals surface area contributed by atoms with Crippen molar-refractivity contribution in [2.75, 3.05) is 11.9 Å². The van der Waals surface area contributed by atoms with Crippen LogP contribution in [0.5, 0.6) is 0 Å². The number of amides is 1. The van der Waals surface area contributed by atoms with E-state index in [1.54, 1.807) is 0 Å². The summed E-state index contributed by atoms with van der Waals surface area (Å²) in [5.74, 6) is 0.464. The largest absolute Gasteiger partial charge is 0.355 e. The third-order valence-electron chi connectivity index (χ3n) is 3.58. The van der Waals surface area contributed by atoms with Crippen molar-refractivity contribution in [2.24, 2.45) is 11.3 Å². The minimum Gasteiger partial charge on any atom is -0.355 e. The molecule has 0 bridgehead atoms. The van der Waals surface area contributed by atoms with Crippen molar-refractivity contribution in [1.82, 2.24) is 5.32 Å². The quantitative estimate of drug-likeness (QED) is 0.711. The van der Waals surface area contributed by atoms with E-state index in [0.29, 0.717) is 5.41 Å². The van der Waals surface area contributed by atoms with E-state index in [9.17, 15) is 4.79 Å². The van der Waals surface area contributed by atoms with Crippen LogP contribution < -0.4 is 5.32 Å². The Balaban J connectivity index is 2.27. The fourth-order valence-corrected chi connectivity index (χ4v) is 2.81. The van der Waals surface area contributed by atoms with Crippen LogP contribution >= 0.6 is 15.9 Å². The average molecular weight is 276 g/mol. The van der Waals surface area contributed by atoms with Gasteiger partial charge in [0.05, 0.1) is 0 Å². The van der Waals surface area contributed by atoms with Crippen molar-refractivity contribution < 1.29 is 4.79 Å². The summed E-state index contributed by atoms with van der Waals surface area (Å²) >= 11 is 3.48. The van der Waals surface area contributed by atoms with Crippen LogP contribution in [-0.4, -0.2) is 17.8 Å². The molecule has 15 heavy (non-hydrogen) atoms. The Morgan fingerprint density at radius 2 is 2.00 bits per heavy atom. The molecule has 1 fully saturated rings. The molecule has 88 valence electrons. The van der Waals surface area contributed by atoms with Gasteiger partial charge in [-0.05, 0) is 37.5 Å². The van der Waals surface area contributed by atoms with Crippen molar-refractivity contribution in [3.05, 3.63) is 0 Å². The highest BCUT2D eigenvalue weighted by molar-refractivity contribution is 9.09. The molecule has 1 saturated carbocycles. The second-order valence-corrected chi connectivity index (χ2v) is 5.46. The molecule has 0 radical (unpaired) electrons. The first-order valence-electron chi connectivity index (χ1n) is 6.01. The molecule has 1 aliphatic carbocycles. The van der Waals surface area contributed by atoms with Crippen molar-refractivity contribution in [2.45, 2.75) is 46.0 Å². The van der Waals surface area contributed by atoms with E-state index in [4.69, 9.17) is 0 Å². The number of nitrogens with one attached hydrogen (secondary N) is 1. The zero-order valence-corrected chi connectivity index (χ0v) is 11.4. The van der Waals surface area contributed by atoms with Gasteiger partial charge in [0.1, 0.15) is 0 Å². The van der Waals surface area contributed by atoms with Gasteiger partial charge in [-0.15, -0.1) is 0 Å². The van der Waals surface area contributed by atoms with Crippen molar-refractivity contribution in [3.63, 3.8) is 0 Å². The number of halogens is 1. The maximum Gasteiger partial charge on any atom is 0.223 e. The van der Waals surface area contributed by atoms with Gasteiger partial charge >= 0.3 is 0 Å². The minimum atomic E-state index is 0.213. The molecule has 0 unspecified atom stereocenters. The number of hydrogen-bond acceptors (Lipinski definition) is 1. The molecule has 0 saturated heterocycles. The molecule has 1 N–H and O–H groups in total. The lowest BCUT2D eigenvalue weighted by molar-refractivity contribution is -0.125. The van der Waals surface area contributed by atoms with Gasteiger partial charge in [0.2, 0.25) is 5.91 Å². The summed E-state index contributed by atoms with van der Waals surface area (Å²) in [4.78, 5) is 11.8. The SMILES string of the molecule is CCC(CC)C(=O)NCC1(CCBr)CC1. The number of carbonyl (C=O) groups is 1. The molecule has 0 aromatic heterocycles. The monoisotopic (exact) mass is 275 g/mol. The maximum absolute atomic E-state index is 11.8. The van der Waals surface area contributed by atoms with Gasteiger partial charge in [-0.2, -0.15) is 0 Å². The summed E-state index contributed by atoms with van der Waals surface area (Å²) in [7, 11) is 0. The van der Waals surface area contributed by atoms with Crippen LogP contribution in [0.25, 0.3) is 0 Å². The smallest absolute Gasteiger partial charge is 0.223 e. The normalized spacial score (nSPS) is 17.9. The number of rotatable bonds is 7. The van der Waals surface area contributed by atoms with Gasteiger partial charge in [0.15, 0.2) is 0 Å². The predicted octanol–water partition coefficient (Wildman–Crippen LogP) is 3.10. The lowest BCUT2D eigenvalue weighted by atomic mass is 10.0. The molecule has 0 heterocycles. The Labute approximate surface area is 101 Å². The number of alkyl halides is 1. The Kier molecular flexibility index (Phi) is 5.10. The van der Waals surface area contributed by atoms with Crippen molar-refractivity contribution >= 4 is 21.8 Å². The molecule has 0 spiro atoms. The van der Waals surface area contributed by atoms with E-state index >= 15 is 0 Å². The lowest BCUT2D eigenvalue weighted by Gasteiger charge is -2.17. The second-order valence-electron chi connectivity index (χ2n) is 4.67. The molecule has 1 rings (SSSR count). The number of carbonyl (C=O) groups excluding carboxylic acids is 1. The Morgan fingerprint density at radius 1 is 1.40 bits per heavy atom. The van der Waals surface area contributed by atoms with Gasteiger partial charge in [-0.25, -0.2) is 0 Å². The fourth-order valence-electron chi connectivity index (χ4n) is 1.97. The highest BCUT2D eigenvalue weighted by Gasteiger charge is 2.41. The van der Waals surface area contributed by atoms with Crippen molar-refractivity contribution in [3.8, 4) is 0 Å². The molecule has 1 aliphatic rings. The van der Waals surface area contributed by atoms with Crippen molar-refractivity contribution in [1.29, 1.82) is 0 Å². The lowest BCUT2D eigenvalue weighted by Crippen LogP contribution is -2.34. The predicted molar refractivity (Wildman–Crippen MR) is 67.2 cm³/mol. The molecule has 3 heteroatoms. The summed E-state index contributed by atoms with van der Waals surface area (Å²) in [5, 5.41) is 4.16.